The molecule has 0 spiro atoms. The molecule has 1 unspecified atom stereocenters. The van der Waals surface area contributed by atoms with Gasteiger partial charge in [0, 0.05) is 37.9 Å². The molecule has 1 amide bonds. The minimum absolute atomic E-state index is 0.0268. The van der Waals surface area contributed by atoms with E-state index < -0.39 is 11.9 Å². The molecule has 1 aliphatic heterocycles. The molecule has 2 aromatic heterocycles. The number of amides is 1. The van der Waals surface area contributed by atoms with Gasteiger partial charge in [0.1, 0.15) is 23.2 Å². The average Bonchev–Trinajstić information content (AvgIpc) is 3.36. The van der Waals surface area contributed by atoms with Crippen LogP contribution in [0.5, 0.6) is 5.75 Å². The van der Waals surface area contributed by atoms with Crippen LogP contribution in [0.25, 0.3) is 0 Å². The zero-order valence-corrected chi connectivity index (χ0v) is 16.3. The van der Waals surface area contributed by atoms with Crippen LogP contribution < -0.4 is 15.6 Å². The van der Waals surface area contributed by atoms with Crippen molar-refractivity contribution >= 4 is 17.7 Å². The largest absolute Gasteiger partial charge is 0.497 e. The van der Waals surface area contributed by atoms with Crippen molar-refractivity contribution in [2.75, 3.05) is 12.9 Å². The quantitative estimate of drug-likeness (QED) is 0.658. The van der Waals surface area contributed by atoms with Crippen molar-refractivity contribution in [2.24, 2.45) is 7.05 Å². The van der Waals surface area contributed by atoms with E-state index in [0.717, 1.165) is 11.3 Å². The van der Waals surface area contributed by atoms with Gasteiger partial charge in [0.25, 0.3) is 11.5 Å². The Morgan fingerprint density at radius 1 is 1.29 bits per heavy atom. The molecule has 3 heterocycles. The summed E-state index contributed by atoms with van der Waals surface area (Å²) in [5.41, 5.74) is 0.535. The topological polar surface area (TPSA) is 91.0 Å². The number of nitrogens with zero attached hydrogens (tertiary/aromatic N) is 4. The van der Waals surface area contributed by atoms with Gasteiger partial charge in [-0.25, -0.2) is 9.97 Å². The molecule has 8 nitrogen and oxygen atoms in total. The van der Waals surface area contributed by atoms with Crippen LogP contribution in [0.4, 0.5) is 0 Å². The van der Waals surface area contributed by atoms with E-state index in [9.17, 15) is 9.59 Å². The van der Waals surface area contributed by atoms with Crippen molar-refractivity contribution in [3.63, 3.8) is 0 Å². The first-order chi connectivity index (χ1) is 13.6. The maximum atomic E-state index is 12.9. The highest BCUT2D eigenvalue weighted by Crippen LogP contribution is 2.24. The molecule has 1 atom stereocenters. The summed E-state index contributed by atoms with van der Waals surface area (Å²) < 4.78 is 8.59. The van der Waals surface area contributed by atoms with Crippen molar-refractivity contribution in [2.45, 2.75) is 17.7 Å². The summed E-state index contributed by atoms with van der Waals surface area (Å²) >= 11 is 1.51. The number of imidazole rings is 1. The predicted octanol–water partition coefficient (Wildman–Crippen LogP) is 1.61. The number of aromatic nitrogens is 4. The van der Waals surface area contributed by atoms with Crippen molar-refractivity contribution in [3.05, 3.63) is 70.2 Å². The van der Waals surface area contributed by atoms with Crippen LogP contribution >= 0.6 is 11.8 Å². The fraction of sp³-hybridized carbons (Fsp3) is 0.263. The standard InChI is InChI=1S/C19H19N5O3S/c1-23-8-7-20-16(23)15(12-3-5-13(27-2)6-4-12)22-17(25)14-11-21-19-24(18(14)26)9-10-28-19/h3-8,11,15H,9-10H2,1-2H3,(H,22,25). The zero-order valence-electron chi connectivity index (χ0n) is 15.5. The fourth-order valence-electron chi connectivity index (χ4n) is 3.13. The lowest BCUT2D eigenvalue weighted by atomic mass is 10.1. The molecule has 1 aromatic carbocycles. The summed E-state index contributed by atoms with van der Waals surface area (Å²) in [6.45, 7) is 0.564. The Morgan fingerprint density at radius 3 is 2.75 bits per heavy atom. The molecule has 9 heteroatoms. The Labute approximate surface area is 165 Å². The maximum absolute atomic E-state index is 12.9. The monoisotopic (exact) mass is 397 g/mol. The zero-order chi connectivity index (χ0) is 19.7. The second kappa shape index (κ2) is 7.51. The van der Waals surface area contributed by atoms with Crippen molar-refractivity contribution in [3.8, 4) is 5.75 Å². The number of benzene rings is 1. The Morgan fingerprint density at radius 2 is 2.07 bits per heavy atom. The second-order valence-corrected chi connectivity index (χ2v) is 7.40. The van der Waals surface area contributed by atoms with E-state index >= 15 is 0 Å². The van der Waals surface area contributed by atoms with E-state index in [-0.39, 0.29) is 11.1 Å². The minimum Gasteiger partial charge on any atom is -0.497 e. The van der Waals surface area contributed by atoms with Crippen molar-refractivity contribution in [1.82, 2.24) is 24.4 Å². The Hall–Kier alpha value is -3.07. The van der Waals surface area contributed by atoms with Gasteiger partial charge in [0.2, 0.25) is 0 Å². The van der Waals surface area contributed by atoms with E-state index in [1.54, 1.807) is 24.1 Å². The van der Waals surface area contributed by atoms with Crippen LogP contribution in [-0.2, 0) is 13.6 Å². The number of aryl methyl sites for hydroxylation is 1. The van der Waals surface area contributed by atoms with Gasteiger partial charge < -0.3 is 14.6 Å². The molecule has 3 aromatic rings. The molecule has 0 radical (unpaired) electrons. The van der Waals surface area contributed by atoms with Crippen molar-refractivity contribution < 1.29 is 9.53 Å². The average molecular weight is 397 g/mol. The molecule has 0 saturated carbocycles. The summed E-state index contributed by atoms with van der Waals surface area (Å²) in [6, 6.07) is 6.85. The predicted molar refractivity (Wildman–Crippen MR) is 105 cm³/mol. The number of nitrogens with one attached hydrogen (secondary N) is 1. The van der Waals surface area contributed by atoms with Crippen LogP contribution in [0, 0.1) is 0 Å². The first-order valence-corrected chi connectivity index (χ1v) is 9.71. The van der Waals surface area contributed by atoms with E-state index in [0.29, 0.717) is 23.3 Å². The first kappa shape index (κ1) is 18.3. The molecule has 4 rings (SSSR count). The molecule has 1 aliphatic rings. The van der Waals surface area contributed by atoms with E-state index in [1.165, 1.54) is 18.0 Å². The van der Waals surface area contributed by atoms with Gasteiger partial charge in [-0.05, 0) is 17.7 Å². The number of carbonyl (C=O) groups is 1. The van der Waals surface area contributed by atoms with Crippen LogP contribution in [-0.4, -0.2) is 37.9 Å². The molecule has 144 valence electrons. The molecule has 28 heavy (non-hydrogen) atoms. The number of thioether (sulfide) groups is 1. The van der Waals surface area contributed by atoms with Gasteiger partial charge in [-0.15, -0.1) is 0 Å². The Balaban J connectivity index is 1.69. The van der Waals surface area contributed by atoms with Gasteiger partial charge in [-0.3, -0.25) is 14.2 Å². The van der Waals surface area contributed by atoms with Crippen molar-refractivity contribution in [1.29, 1.82) is 0 Å². The van der Waals surface area contributed by atoms with Crippen LogP contribution in [0.2, 0.25) is 0 Å². The highest BCUT2D eigenvalue weighted by molar-refractivity contribution is 7.99. The number of hydrogen-bond acceptors (Lipinski definition) is 6. The summed E-state index contributed by atoms with van der Waals surface area (Å²) in [4.78, 5) is 34.2. The summed E-state index contributed by atoms with van der Waals surface area (Å²) in [6.07, 6.45) is 4.83. The SMILES string of the molecule is COc1ccc(C(NC(=O)c2cnc3n(c2=O)CCS3)c2nccn2C)cc1. The minimum atomic E-state index is -0.523. The lowest BCUT2D eigenvalue weighted by Gasteiger charge is -2.19. The third kappa shape index (κ3) is 3.29. The van der Waals surface area contributed by atoms with Gasteiger partial charge in [0.05, 0.1) is 7.11 Å². The van der Waals surface area contributed by atoms with E-state index in [2.05, 4.69) is 15.3 Å². The molecular weight excluding hydrogens is 378 g/mol. The van der Waals surface area contributed by atoms with E-state index in [4.69, 9.17) is 4.74 Å². The smallest absolute Gasteiger partial charge is 0.267 e. The Kier molecular flexibility index (Phi) is 4.91. The van der Waals surface area contributed by atoms with Gasteiger partial charge in [-0.1, -0.05) is 23.9 Å². The van der Waals surface area contributed by atoms with E-state index in [1.807, 2.05) is 35.9 Å². The highest BCUT2D eigenvalue weighted by Gasteiger charge is 2.25. The maximum Gasteiger partial charge on any atom is 0.267 e. The number of fused-ring (bicyclic) bond motifs is 1. The highest BCUT2D eigenvalue weighted by atomic mass is 32.2. The first-order valence-electron chi connectivity index (χ1n) is 8.73. The molecular formula is C19H19N5O3S. The number of methoxy groups -OCH3 is 1. The lowest BCUT2D eigenvalue weighted by molar-refractivity contribution is 0.0938. The number of carbonyl (C=O) groups excluding carboxylic acids is 1. The fourth-order valence-corrected chi connectivity index (χ4v) is 4.04. The number of ether oxygens (including phenoxy) is 1. The number of rotatable bonds is 5. The number of hydrogen-bond donors (Lipinski definition) is 1. The molecule has 0 bridgehead atoms. The molecule has 0 fully saturated rings. The summed E-state index contributed by atoms with van der Waals surface area (Å²) in [5.74, 6) is 1.68. The third-order valence-electron chi connectivity index (χ3n) is 4.64. The third-order valence-corrected chi connectivity index (χ3v) is 5.61. The second-order valence-electron chi connectivity index (χ2n) is 6.34. The summed E-state index contributed by atoms with van der Waals surface area (Å²) in [7, 11) is 3.45. The van der Waals surface area contributed by atoms with Gasteiger partial charge in [0.15, 0.2) is 5.16 Å². The van der Waals surface area contributed by atoms with Gasteiger partial charge >= 0.3 is 0 Å². The lowest BCUT2D eigenvalue weighted by Crippen LogP contribution is -2.36. The molecule has 1 N–H and O–H groups in total. The van der Waals surface area contributed by atoms with Crippen LogP contribution in [0.3, 0.4) is 0 Å². The van der Waals surface area contributed by atoms with Crippen LogP contribution in [0.15, 0.2) is 52.8 Å². The van der Waals surface area contributed by atoms with Crippen LogP contribution in [0.1, 0.15) is 27.8 Å². The normalized spacial score (nSPS) is 13.8. The van der Waals surface area contributed by atoms with Gasteiger partial charge in [-0.2, -0.15) is 0 Å². The Bertz CT molecular complexity index is 1070. The molecule has 0 saturated heterocycles. The summed E-state index contributed by atoms with van der Waals surface area (Å²) in [5, 5.41) is 3.59. The molecule has 0 aliphatic carbocycles.